The van der Waals surface area contributed by atoms with Crippen LogP contribution in [0.2, 0.25) is 0 Å². The topological polar surface area (TPSA) is 50.8 Å². The van der Waals surface area contributed by atoms with Gasteiger partial charge in [0.1, 0.15) is 18.1 Å². The number of nitrogens with one attached hydrogen (secondary N) is 1. The van der Waals surface area contributed by atoms with Gasteiger partial charge in [0.05, 0.1) is 12.3 Å². The molecular formula is C24H34N2O3. The second kappa shape index (κ2) is 12.8. The summed E-state index contributed by atoms with van der Waals surface area (Å²) in [6, 6.07) is 15.6. The quantitative estimate of drug-likeness (QED) is 0.488. The van der Waals surface area contributed by atoms with Crippen molar-refractivity contribution in [3.05, 3.63) is 54.1 Å². The second-order valence-corrected chi connectivity index (χ2v) is 7.04. The first-order valence-electron chi connectivity index (χ1n) is 10.6. The SMILES string of the molecule is CCN(CC)CCOc1ccccc1NC(=O)CCCCOc1cccc(C)c1. The van der Waals surface area contributed by atoms with E-state index in [-0.39, 0.29) is 5.91 Å². The maximum atomic E-state index is 12.3. The molecule has 0 unspecified atom stereocenters. The number of benzene rings is 2. The highest BCUT2D eigenvalue weighted by atomic mass is 16.5. The number of hydrogen-bond donors (Lipinski definition) is 1. The predicted octanol–water partition coefficient (Wildman–Crippen LogP) is 4.90. The smallest absolute Gasteiger partial charge is 0.224 e. The van der Waals surface area contributed by atoms with Crippen LogP contribution in [0.4, 0.5) is 5.69 Å². The highest BCUT2D eigenvalue weighted by molar-refractivity contribution is 5.92. The number of ether oxygens (including phenoxy) is 2. The first-order valence-corrected chi connectivity index (χ1v) is 10.6. The molecule has 0 spiro atoms. The normalized spacial score (nSPS) is 10.8. The van der Waals surface area contributed by atoms with E-state index in [1.165, 1.54) is 5.56 Å². The van der Waals surface area contributed by atoms with E-state index >= 15 is 0 Å². The van der Waals surface area contributed by atoms with Crippen LogP contribution in [-0.2, 0) is 4.79 Å². The maximum absolute atomic E-state index is 12.3. The average molecular weight is 399 g/mol. The number of nitrogens with zero attached hydrogens (tertiary/aromatic N) is 1. The van der Waals surface area contributed by atoms with Gasteiger partial charge in [0.2, 0.25) is 5.91 Å². The molecule has 0 heterocycles. The summed E-state index contributed by atoms with van der Waals surface area (Å²) >= 11 is 0. The number of rotatable bonds is 13. The van der Waals surface area contributed by atoms with Crippen LogP contribution in [-0.4, -0.2) is 43.7 Å². The van der Waals surface area contributed by atoms with Gasteiger partial charge in [0, 0.05) is 13.0 Å². The fraction of sp³-hybridized carbons (Fsp3) is 0.458. The highest BCUT2D eigenvalue weighted by Gasteiger charge is 2.08. The molecule has 0 aliphatic rings. The van der Waals surface area contributed by atoms with E-state index in [1.54, 1.807) is 0 Å². The minimum absolute atomic E-state index is 0.000323. The van der Waals surface area contributed by atoms with Crippen molar-refractivity contribution in [2.45, 2.75) is 40.0 Å². The van der Waals surface area contributed by atoms with Gasteiger partial charge >= 0.3 is 0 Å². The van der Waals surface area contributed by atoms with Crippen molar-refractivity contribution in [2.24, 2.45) is 0 Å². The summed E-state index contributed by atoms with van der Waals surface area (Å²) in [5.74, 6) is 1.60. The summed E-state index contributed by atoms with van der Waals surface area (Å²) in [5.41, 5.74) is 1.91. The zero-order valence-corrected chi connectivity index (χ0v) is 17.9. The van der Waals surface area contributed by atoms with Crippen molar-refractivity contribution in [1.82, 2.24) is 4.90 Å². The molecule has 1 N–H and O–H groups in total. The van der Waals surface area contributed by atoms with Gasteiger partial charge in [-0.3, -0.25) is 4.79 Å². The van der Waals surface area contributed by atoms with E-state index in [1.807, 2.05) is 55.5 Å². The first-order chi connectivity index (χ1) is 14.1. The van der Waals surface area contributed by atoms with Gasteiger partial charge in [-0.05, 0) is 62.7 Å². The fourth-order valence-electron chi connectivity index (χ4n) is 3.02. The molecule has 2 aromatic carbocycles. The van der Waals surface area contributed by atoms with E-state index in [4.69, 9.17) is 9.47 Å². The summed E-state index contributed by atoms with van der Waals surface area (Å²) < 4.78 is 11.6. The third kappa shape index (κ3) is 8.57. The Hall–Kier alpha value is -2.53. The van der Waals surface area contributed by atoms with E-state index in [0.29, 0.717) is 19.6 Å². The highest BCUT2D eigenvalue weighted by Crippen LogP contribution is 2.24. The van der Waals surface area contributed by atoms with Crippen molar-refractivity contribution in [2.75, 3.05) is 38.2 Å². The number of carbonyl (C=O) groups excluding carboxylic acids is 1. The molecule has 5 heteroatoms. The molecular weight excluding hydrogens is 364 g/mol. The zero-order chi connectivity index (χ0) is 20.9. The van der Waals surface area contributed by atoms with Gasteiger partial charge in [-0.2, -0.15) is 0 Å². The Morgan fingerprint density at radius 2 is 1.76 bits per heavy atom. The second-order valence-electron chi connectivity index (χ2n) is 7.04. The van der Waals surface area contributed by atoms with Crippen LogP contribution < -0.4 is 14.8 Å². The monoisotopic (exact) mass is 398 g/mol. The molecule has 5 nitrogen and oxygen atoms in total. The molecule has 0 atom stereocenters. The van der Waals surface area contributed by atoms with Gasteiger partial charge < -0.3 is 19.7 Å². The number of likely N-dealkylation sites (N-methyl/N-ethyl adjacent to an activating group) is 1. The Balaban J connectivity index is 1.70. The number of hydrogen-bond acceptors (Lipinski definition) is 4. The molecule has 0 aromatic heterocycles. The molecule has 0 aliphatic heterocycles. The third-order valence-corrected chi connectivity index (χ3v) is 4.78. The summed E-state index contributed by atoms with van der Waals surface area (Å²) in [5, 5.41) is 2.97. The minimum Gasteiger partial charge on any atom is -0.494 e. The molecule has 2 rings (SSSR count). The Labute approximate surface area is 175 Å². The van der Waals surface area contributed by atoms with Gasteiger partial charge in [-0.1, -0.05) is 38.1 Å². The average Bonchev–Trinajstić information content (AvgIpc) is 2.72. The number of anilines is 1. The van der Waals surface area contributed by atoms with Crippen molar-refractivity contribution in [3.8, 4) is 11.5 Å². The van der Waals surface area contributed by atoms with Gasteiger partial charge in [0.15, 0.2) is 0 Å². The predicted molar refractivity (Wildman–Crippen MR) is 119 cm³/mol. The summed E-state index contributed by atoms with van der Waals surface area (Å²) in [6.07, 6.45) is 2.08. The molecule has 2 aromatic rings. The lowest BCUT2D eigenvalue weighted by Gasteiger charge is -2.19. The molecule has 0 fully saturated rings. The number of amides is 1. The molecule has 1 amide bonds. The minimum atomic E-state index is 0.000323. The lowest BCUT2D eigenvalue weighted by atomic mass is 10.2. The Morgan fingerprint density at radius 3 is 2.52 bits per heavy atom. The summed E-state index contributed by atoms with van der Waals surface area (Å²) in [6.45, 7) is 10.4. The van der Waals surface area contributed by atoms with Crippen molar-refractivity contribution in [1.29, 1.82) is 0 Å². The van der Waals surface area contributed by atoms with Crippen molar-refractivity contribution < 1.29 is 14.3 Å². The van der Waals surface area contributed by atoms with E-state index in [0.717, 1.165) is 49.7 Å². The lowest BCUT2D eigenvalue weighted by Crippen LogP contribution is -2.28. The van der Waals surface area contributed by atoms with E-state index < -0.39 is 0 Å². The largest absolute Gasteiger partial charge is 0.494 e. The maximum Gasteiger partial charge on any atom is 0.224 e. The van der Waals surface area contributed by atoms with Crippen LogP contribution in [0.15, 0.2) is 48.5 Å². The van der Waals surface area contributed by atoms with E-state index in [9.17, 15) is 4.79 Å². The molecule has 29 heavy (non-hydrogen) atoms. The van der Waals surface area contributed by atoms with Crippen LogP contribution in [0.25, 0.3) is 0 Å². The summed E-state index contributed by atoms with van der Waals surface area (Å²) in [4.78, 5) is 14.6. The lowest BCUT2D eigenvalue weighted by molar-refractivity contribution is -0.116. The van der Waals surface area contributed by atoms with E-state index in [2.05, 4.69) is 24.1 Å². The summed E-state index contributed by atoms with van der Waals surface area (Å²) in [7, 11) is 0. The molecule has 0 radical (unpaired) electrons. The number of unbranched alkanes of at least 4 members (excludes halogenated alkanes) is 1. The van der Waals surface area contributed by atoms with Gasteiger partial charge in [0.25, 0.3) is 0 Å². The molecule has 0 bridgehead atoms. The van der Waals surface area contributed by atoms with Crippen LogP contribution in [0.5, 0.6) is 11.5 Å². The Morgan fingerprint density at radius 1 is 0.966 bits per heavy atom. The van der Waals surface area contributed by atoms with Crippen LogP contribution >= 0.6 is 0 Å². The number of aryl methyl sites for hydroxylation is 1. The Bertz CT molecular complexity index is 744. The van der Waals surface area contributed by atoms with Crippen molar-refractivity contribution in [3.63, 3.8) is 0 Å². The van der Waals surface area contributed by atoms with Crippen LogP contribution in [0.3, 0.4) is 0 Å². The molecule has 0 saturated carbocycles. The standard InChI is InChI=1S/C24H34N2O3/c1-4-26(5-2)16-18-29-23-14-7-6-13-22(23)25-24(27)15-8-9-17-28-21-12-10-11-20(3)19-21/h6-7,10-14,19H,4-5,8-9,15-18H2,1-3H3,(H,25,27). The molecule has 158 valence electrons. The molecule has 0 saturated heterocycles. The van der Waals surface area contributed by atoms with Gasteiger partial charge in [-0.15, -0.1) is 0 Å². The van der Waals surface area contributed by atoms with Crippen LogP contribution in [0.1, 0.15) is 38.7 Å². The zero-order valence-electron chi connectivity index (χ0n) is 17.9. The van der Waals surface area contributed by atoms with Gasteiger partial charge in [-0.25, -0.2) is 0 Å². The first kappa shape index (κ1) is 22.8. The number of para-hydroxylation sites is 2. The van der Waals surface area contributed by atoms with Crippen molar-refractivity contribution >= 4 is 11.6 Å². The molecule has 0 aliphatic carbocycles. The number of carbonyl (C=O) groups is 1. The fourth-order valence-corrected chi connectivity index (χ4v) is 3.02. The van der Waals surface area contributed by atoms with Crippen LogP contribution in [0, 0.1) is 6.92 Å². The Kier molecular flexibility index (Phi) is 10.1. The third-order valence-electron chi connectivity index (χ3n) is 4.78.